The standard InChI is InChI=1S/C61H92O6/c1-4-7-10-13-16-19-22-25-27-29-30-32-33-36-39-42-45-48-51-54-60(63)66-57-58(56-65-59(62)53-50-47-44-41-38-35-24-21-18-15-12-9-6-3)67-61(64)55-52-49-46-43-40-37-34-31-28-26-23-20-17-14-11-8-5-2/h7-12,15-21,24-28,30,32,34,36-37,39,43,46,58H,4-6,13-14,22-23,29,31,33,35,38,40-42,44-45,47-57H2,1-3H3/b10-7-,11-8-,12-9-,18-15-,19-16-,20-17-,24-21-,27-25-,28-26-,32-30-,37-34-,39-36-,46-43-. The van der Waals surface area contributed by atoms with Gasteiger partial charge in [-0.15, -0.1) is 0 Å². The maximum Gasteiger partial charge on any atom is 0.306 e. The lowest BCUT2D eigenvalue weighted by molar-refractivity contribution is -0.167. The summed E-state index contributed by atoms with van der Waals surface area (Å²) in [6.45, 7) is 6.15. The zero-order valence-electron chi connectivity index (χ0n) is 42.3. The Bertz CT molecular complexity index is 1570. The Hall–Kier alpha value is -4.97. The summed E-state index contributed by atoms with van der Waals surface area (Å²) >= 11 is 0. The van der Waals surface area contributed by atoms with E-state index in [2.05, 4.69) is 173 Å². The highest BCUT2D eigenvalue weighted by molar-refractivity contribution is 5.71. The fraction of sp³-hybridized carbons (Fsp3) is 0.525. The van der Waals surface area contributed by atoms with Crippen LogP contribution in [0, 0.1) is 0 Å². The largest absolute Gasteiger partial charge is 0.462 e. The van der Waals surface area contributed by atoms with Gasteiger partial charge in [0.2, 0.25) is 0 Å². The van der Waals surface area contributed by atoms with E-state index in [0.717, 1.165) is 141 Å². The summed E-state index contributed by atoms with van der Waals surface area (Å²) in [6.07, 6.45) is 78.0. The van der Waals surface area contributed by atoms with Crippen LogP contribution in [0.5, 0.6) is 0 Å². The SMILES string of the molecule is CC\C=C/C=C\C=C/CCCCCCCC(=O)OCC(COC(=O)CCCCC/C=C\C/C=C\C/C=C\C/C=C\C/C=C\CC)OC(=O)CCC/C=C\C/C=C\C/C=C\C/C=C\C/C=C\CC. The normalized spacial score (nSPS) is 13.4. The molecular weight excluding hydrogens is 829 g/mol. The lowest BCUT2D eigenvalue weighted by Gasteiger charge is -2.18. The number of ether oxygens (including phenoxy) is 3. The van der Waals surface area contributed by atoms with Gasteiger partial charge in [0.05, 0.1) is 0 Å². The van der Waals surface area contributed by atoms with Gasteiger partial charge in [0.1, 0.15) is 13.2 Å². The van der Waals surface area contributed by atoms with Gasteiger partial charge < -0.3 is 14.2 Å². The summed E-state index contributed by atoms with van der Waals surface area (Å²) < 4.78 is 16.7. The average molecular weight is 921 g/mol. The van der Waals surface area contributed by atoms with Crippen LogP contribution in [-0.2, 0) is 28.6 Å². The van der Waals surface area contributed by atoms with Crippen molar-refractivity contribution in [3.63, 3.8) is 0 Å². The molecule has 0 aromatic rings. The first-order chi connectivity index (χ1) is 33.0. The highest BCUT2D eigenvalue weighted by Crippen LogP contribution is 2.11. The zero-order valence-corrected chi connectivity index (χ0v) is 42.3. The Morgan fingerprint density at radius 3 is 1.06 bits per heavy atom. The maximum atomic E-state index is 12.8. The van der Waals surface area contributed by atoms with Crippen LogP contribution in [0.25, 0.3) is 0 Å². The third-order valence-corrected chi connectivity index (χ3v) is 10.1. The molecule has 0 N–H and O–H groups in total. The third-order valence-electron chi connectivity index (χ3n) is 10.1. The molecule has 67 heavy (non-hydrogen) atoms. The number of allylic oxidation sites excluding steroid dienone is 26. The van der Waals surface area contributed by atoms with Gasteiger partial charge >= 0.3 is 17.9 Å². The molecule has 0 aliphatic rings. The van der Waals surface area contributed by atoms with Gasteiger partial charge in [-0.05, 0) is 122 Å². The molecular formula is C61H92O6. The molecule has 0 saturated carbocycles. The highest BCUT2D eigenvalue weighted by atomic mass is 16.6. The highest BCUT2D eigenvalue weighted by Gasteiger charge is 2.19. The molecule has 0 aromatic carbocycles. The molecule has 0 saturated heterocycles. The van der Waals surface area contributed by atoms with Crippen molar-refractivity contribution in [2.24, 2.45) is 0 Å². The third kappa shape index (κ3) is 51.9. The van der Waals surface area contributed by atoms with Crippen LogP contribution in [0.4, 0.5) is 0 Å². The van der Waals surface area contributed by atoms with Crippen LogP contribution in [0.1, 0.15) is 188 Å². The molecule has 0 fully saturated rings. The second-order valence-corrected chi connectivity index (χ2v) is 16.3. The van der Waals surface area contributed by atoms with Crippen LogP contribution in [0.2, 0.25) is 0 Å². The molecule has 0 spiro atoms. The van der Waals surface area contributed by atoms with E-state index in [9.17, 15) is 14.4 Å². The van der Waals surface area contributed by atoms with Gasteiger partial charge in [-0.3, -0.25) is 14.4 Å². The Morgan fingerprint density at radius 2 is 0.627 bits per heavy atom. The van der Waals surface area contributed by atoms with E-state index in [1.165, 1.54) is 0 Å². The fourth-order valence-corrected chi connectivity index (χ4v) is 6.27. The molecule has 1 unspecified atom stereocenters. The molecule has 0 aliphatic heterocycles. The van der Waals surface area contributed by atoms with Gasteiger partial charge in [-0.2, -0.15) is 0 Å². The Labute approximate surface area is 409 Å². The van der Waals surface area contributed by atoms with E-state index in [4.69, 9.17) is 14.2 Å². The molecule has 1 atom stereocenters. The Morgan fingerprint density at radius 1 is 0.313 bits per heavy atom. The quantitative estimate of drug-likeness (QED) is 0.0199. The number of hydrogen-bond acceptors (Lipinski definition) is 6. The smallest absolute Gasteiger partial charge is 0.306 e. The minimum atomic E-state index is -0.838. The van der Waals surface area contributed by atoms with Gasteiger partial charge in [0.15, 0.2) is 6.10 Å². The van der Waals surface area contributed by atoms with Crippen molar-refractivity contribution in [3.05, 3.63) is 158 Å². The summed E-state index contributed by atoms with van der Waals surface area (Å²) in [7, 11) is 0. The van der Waals surface area contributed by atoms with Gasteiger partial charge in [-0.1, -0.05) is 204 Å². The van der Waals surface area contributed by atoms with Crippen molar-refractivity contribution in [1.29, 1.82) is 0 Å². The van der Waals surface area contributed by atoms with Crippen LogP contribution in [-0.4, -0.2) is 37.2 Å². The van der Waals surface area contributed by atoms with E-state index in [1.807, 2.05) is 6.08 Å². The number of hydrogen-bond donors (Lipinski definition) is 0. The van der Waals surface area contributed by atoms with Crippen molar-refractivity contribution in [1.82, 2.24) is 0 Å². The van der Waals surface area contributed by atoms with Crippen LogP contribution >= 0.6 is 0 Å². The number of esters is 3. The van der Waals surface area contributed by atoms with Gasteiger partial charge in [0.25, 0.3) is 0 Å². The van der Waals surface area contributed by atoms with E-state index in [0.29, 0.717) is 19.3 Å². The van der Waals surface area contributed by atoms with Crippen LogP contribution in [0.15, 0.2) is 158 Å². The molecule has 0 aliphatic carbocycles. The molecule has 0 bridgehead atoms. The minimum Gasteiger partial charge on any atom is -0.462 e. The van der Waals surface area contributed by atoms with Crippen molar-refractivity contribution >= 4 is 17.9 Å². The maximum absolute atomic E-state index is 12.8. The average Bonchev–Trinajstić information content (AvgIpc) is 3.33. The van der Waals surface area contributed by atoms with E-state index >= 15 is 0 Å². The second kappa shape index (κ2) is 53.6. The molecule has 0 radical (unpaired) electrons. The first kappa shape index (κ1) is 62.0. The first-order valence-electron chi connectivity index (χ1n) is 26.0. The topological polar surface area (TPSA) is 78.9 Å². The molecule has 6 heteroatoms. The Balaban J connectivity index is 4.60. The lowest BCUT2D eigenvalue weighted by atomic mass is 10.1. The lowest BCUT2D eigenvalue weighted by Crippen LogP contribution is -2.30. The fourth-order valence-electron chi connectivity index (χ4n) is 6.27. The van der Waals surface area contributed by atoms with Crippen molar-refractivity contribution < 1.29 is 28.6 Å². The molecule has 0 rings (SSSR count). The van der Waals surface area contributed by atoms with E-state index in [1.54, 1.807) is 0 Å². The Kier molecular flexibility index (Phi) is 49.7. The second-order valence-electron chi connectivity index (χ2n) is 16.3. The number of rotatable bonds is 44. The van der Waals surface area contributed by atoms with Gasteiger partial charge in [0, 0.05) is 19.3 Å². The predicted molar refractivity (Wildman–Crippen MR) is 288 cm³/mol. The molecule has 372 valence electrons. The van der Waals surface area contributed by atoms with Crippen LogP contribution < -0.4 is 0 Å². The number of carbonyl (C=O) groups is 3. The molecule has 0 aromatic heterocycles. The van der Waals surface area contributed by atoms with Crippen LogP contribution in [0.3, 0.4) is 0 Å². The monoisotopic (exact) mass is 921 g/mol. The molecule has 0 amide bonds. The van der Waals surface area contributed by atoms with E-state index < -0.39 is 12.1 Å². The minimum absolute atomic E-state index is 0.130. The number of unbranched alkanes of at least 4 members (excludes halogenated alkanes) is 9. The van der Waals surface area contributed by atoms with Gasteiger partial charge in [-0.25, -0.2) is 0 Å². The zero-order chi connectivity index (χ0) is 48.6. The van der Waals surface area contributed by atoms with Crippen molar-refractivity contribution in [3.8, 4) is 0 Å². The summed E-state index contributed by atoms with van der Waals surface area (Å²) in [5, 5.41) is 0. The number of carbonyl (C=O) groups excluding carboxylic acids is 3. The summed E-state index contributed by atoms with van der Waals surface area (Å²) in [5.41, 5.74) is 0. The summed E-state index contributed by atoms with van der Waals surface area (Å²) in [5.74, 6) is -1.06. The van der Waals surface area contributed by atoms with Crippen molar-refractivity contribution in [2.45, 2.75) is 194 Å². The summed E-state index contributed by atoms with van der Waals surface area (Å²) in [4.78, 5) is 38.0. The predicted octanol–water partition coefficient (Wildman–Crippen LogP) is 17.4. The first-order valence-corrected chi connectivity index (χ1v) is 26.0. The summed E-state index contributed by atoms with van der Waals surface area (Å²) in [6, 6.07) is 0. The van der Waals surface area contributed by atoms with E-state index in [-0.39, 0.29) is 31.6 Å². The molecule has 6 nitrogen and oxygen atoms in total. The van der Waals surface area contributed by atoms with Crippen molar-refractivity contribution in [2.75, 3.05) is 13.2 Å². The molecule has 0 heterocycles.